The Hall–Kier alpha value is 0.110. The maximum absolute atomic E-state index is 11.1. The van der Waals surface area contributed by atoms with Crippen LogP contribution in [0.4, 0.5) is 0 Å². The SMILES string of the molecule is CCCS(=O)CC1CNC1. The quantitative estimate of drug-likeness (QED) is 0.645. The van der Waals surface area contributed by atoms with E-state index < -0.39 is 10.8 Å². The molecule has 1 atom stereocenters. The van der Waals surface area contributed by atoms with E-state index in [4.69, 9.17) is 0 Å². The highest BCUT2D eigenvalue weighted by Crippen LogP contribution is 2.04. The van der Waals surface area contributed by atoms with Gasteiger partial charge >= 0.3 is 0 Å². The monoisotopic (exact) mass is 161 g/mol. The van der Waals surface area contributed by atoms with Gasteiger partial charge in [-0.1, -0.05) is 6.92 Å². The molecule has 0 aromatic rings. The van der Waals surface area contributed by atoms with Crippen molar-refractivity contribution in [3.05, 3.63) is 0 Å². The molecule has 1 N–H and O–H groups in total. The van der Waals surface area contributed by atoms with Crippen molar-refractivity contribution >= 4 is 10.8 Å². The molecule has 0 radical (unpaired) electrons. The molecule has 3 heteroatoms. The van der Waals surface area contributed by atoms with Crippen LogP contribution in [0.2, 0.25) is 0 Å². The zero-order valence-corrected chi connectivity index (χ0v) is 7.25. The summed E-state index contributed by atoms with van der Waals surface area (Å²) in [6.07, 6.45) is 1.05. The lowest BCUT2D eigenvalue weighted by Crippen LogP contribution is -2.44. The van der Waals surface area contributed by atoms with Gasteiger partial charge in [-0.2, -0.15) is 0 Å². The summed E-state index contributed by atoms with van der Waals surface area (Å²) in [6.45, 7) is 4.24. The van der Waals surface area contributed by atoms with Crippen molar-refractivity contribution < 1.29 is 4.21 Å². The molecule has 10 heavy (non-hydrogen) atoms. The lowest BCUT2D eigenvalue weighted by molar-refractivity contribution is 0.382. The molecule has 0 spiro atoms. The first-order valence-corrected chi connectivity index (χ1v) is 5.37. The number of hydrogen-bond donors (Lipinski definition) is 1. The van der Waals surface area contributed by atoms with Crippen LogP contribution in [0.1, 0.15) is 13.3 Å². The highest BCUT2D eigenvalue weighted by atomic mass is 32.2. The van der Waals surface area contributed by atoms with Gasteiger partial charge in [-0.05, 0) is 12.3 Å². The van der Waals surface area contributed by atoms with Crippen LogP contribution in [0, 0.1) is 5.92 Å². The van der Waals surface area contributed by atoms with Crippen LogP contribution < -0.4 is 5.32 Å². The van der Waals surface area contributed by atoms with Crippen LogP contribution in [-0.2, 0) is 10.8 Å². The zero-order chi connectivity index (χ0) is 7.40. The molecular weight excluding hydrogens is 146 g/mol. The van der Waals surface area contributed by atoms with Crippen molar-refractivity contribution in [1.29, 1.82) is 0 Å². The fourth-order valence-corrected chi connectivity index (χ4v) is 2.42. The lowest BCUT2D eigenvalue weighted by Gasteiger charge is -2.26. The molecule has 1 rings (SSSR count). The van der Waals surface area contributed by atoms with Gasteiger partial charge in [-0.15, -0.1) is 0 Å². The molecule has 1 heterocycles. The Morgan fingerprint density at radius 3 is 2.70 bits per heavy atom. The van der Waals surface area contributed by atoms with Gasteiger partial charge < -0.3 is 5.32 Å². The first-order valence-electron chi connectivity index (χ1n) is 3.88. The molecule has 0 aromatic heterocycles. The maximum atomic E-state index is 11.1. The smallest absolute Gasteiger partial charge is 0.0287 e. The molecule has 0 aliphatic carbocycles. The molecule has 0 bridgehead atoms. The van der Waals surface area contributed by atoms with Gasteiger partial charge in [0.2, 0.25) is 0 Å². The van der Waals surface area contributed by atoms with Crippen LogP contribution in [-0.4, -0.2) is 28.8 Å². The van der Waals surface area contributed by atoms with E-state index in [1.54, 1.807) is 0 Å². The third kappa shape index (κ3) is 2.39. The second-order valence-corrected chi connectivity index (χ2v) is 4.46. The summed E-state index contributed by atoms with van der Waals surface area (Å²) in [6, 6.07) is 0. The van der Waals surface area contributed by atoms with E-state index >= 15 is 0 Å². The van der Waals surface area contributed by atoms with Crippen LogP contribution in [0.15, 0.2) is 0 Å². The molecule has 0 saturated carbocycles. The number of nitrogens with one attached hydrogen (secondary N) is 1. The highest BCUT2D eigenvalue weighted by molar-refractivity contribution is 7.84. The van der Waals surface area contributed by atoms with Crippen LogP contribution in [0.3, 0.4) is 0 Å². The Balaban J connectivity index is 2.05. The molecule has 1 fully saturated rings. The topological polar surface area (TPSA) is 29.1 Å². The standard InChI is InChI=1S/C7H15NOS/c1-2-3-10(9)6-7-4-8-5-7/h7-8H,2-6H2,1H3. The fourth-order valence-electron chi connectivity index (χ4n) is 1.04. The van der Waals surface area contributed by atoms with Gasteiger partial charge in [0.25, 0.3) is 0 Å². The Kier molecular flexibility index (Phi) is 3.35. The van der Waals surface area contributed by atoms with Crippen LogP contribution >= 0.6 is 0 Å². The molecule has 0 amide bonds. The fraction of sp³-hybridized carbons (Fsp3) is 1.00. The molecule has 0 aromatic carbocycles. The summed E-state index contributed by atoms with van der Waals surface area (Å²) in [4.78, 5) is 0. The van der Waals surface area contributed by atoms with E-state index in [2.05, 4.69) is 12.2 Å². The van der Waals surface area contributed by atoms with Gasteiger partial charge in [-0.3, -0.25) is 4.21 Å². The third-order valence-electron chi connectivity index (χ3n) is 1.72. The first kappa shape index (κ1) is 8.21. The third-order valence-corrected chi connectivity index (χ3v) is 3.43. The second kappa shape index (κ2) is 4.09. The summed E-state index contributed by atoms with van der Waals surface area (Å²) in [5.74, 6) is 2.50. The summed E-state index contributed by atoms with van der Waals surface area (Å²) >= 11 is 0. The van der Waals surface area contributed by atoms with Gasteiger partial charge in [0.1, 0.15) is 0 Å². The van der Waals surface area contributed by atoms with Crippen LogP contribution in [0.25, 0.3) is 0 Å². The van der Waals surface area contributed by atoms with Crippen LogP contribution in [0.5, 0.6) is 0 Å². The average molecular weight is 161 g/mol. The van der Waals surface area contributed by atoms with E-state index in [1.165, 1.54) is 0 Å². The Labute approximate surface area is 64.8 Å². The van der Waals surface area contributed by atoms with E-state index in [9.17, 15) is 4.21 Å². The van der Waals surface area contributed by atoms with Gasteiger partial charge in [0, 0.05) is 35.4 Å². The molecule has 1 unspecified atom stereocenters. The largest absolute Gasteiger partial charge is 0.316 e. The van der Waals surface area contributed by atoms with Crippen molar-refractivity contribution in [3.63, 3.8) is 0 Å². The minimum Gasteiger partial charge on any atom is -0.316 e. The Bertz CT molecular complexity index is 123. The molecule has 2 nitrogen and oxygen atoms in total. The van der Waals surface area contributed by atoms with E-state index in [0.29, 0.717) is 5.92 Å². The normalized spacial score (nSPS) is 22.1. The summed E-state index contributed by atoms with van der Waals surface area (Å²) in [7, 11) is -0.539. The molecule has 1 saturated heterocycles. The molecular formula is C7H15NOS. The minimum atomic E-state index is -0.539. The predicted molar refractivity (Wildman–Crippen MR) is 44.5 cm³/mol. The van der Waals surface area contributed by atoms with Crippen molar-refractivity contribution in [1.82, 2.24) is 5.32 Å². The van der Waals surface area contributed by atoms with Crippen molar-refractivity contribution in [2.24, 2.45) is 5.92 Å². The molecule has 60 valence electrons. The Morgan fingerprint density at radius 2 is 2.30 bits per heavy atom. The van der Waals surface area contributed by atoms with Crippen molar-refractivity contribution in [3.8, 4) is 0 Å². The molecule has 1 aliphatic heterocycles. The minimum absolute atomic E-state index is 0.539. The zero-order valence-electron chi connectivity index (χ0n) is 6.43. The average Bonchev–Trinajstić information content (AvgIpc) is 1.80. The van der Waals surface area contributed by atoms with Crippen molar-refractivity contribution in [2.45, 2.75) is 13.3 Å². The lowest BCUT2D eigenvalue weighted by atomic mass is 10.1. The summed E-state index contributed by atoms with van der Waals surface area (Å²) in [5.41, 5.74) is 0. The Morgan fingerprint density at radius 1 is 1.60 bits per heavy atom. The summed E-state index contributed by atoms with van der Waals surface area (Å²) < 4.78 is 11.1. The number of rotatable bonds is 4. The first-order chi connectivity index (χ1) is 4.83. The van der Waals surface area contributed by atoms with Gasteiger partial charge in [0.05, 0.1) is 0 Å². The van der Waals surface area contributed by atoms with Crippen molar-refractivity contribution in [2.75, 3.05) is 24.6 Å². The highest BCUT2D eigenvalue weighted by Gasteiger charge is 2.18. The van der Waals surface area contributed by atoms with E-state index in [-0.39, 0.29) is 0 Å². The predicted octanol–water partition coefficient (Wildman–Crippen LogP) is 0.365. The van der Waals surface area contributed by atoms with E-state index in [1.807, 2.05) is 0 Å². The second-order valence-electron chi connectivity index (χ2n) is 2.83. The van der Waals surface area contributed by atoms with Gasteiger partial charge in [0.15, 0.2) is 0 Å². The maximum Gasteiger partial charge on any atom is 0.0287 e. The summed E-state index contributed by atoms with van der Waals surface area (Å²) in [5, 5.41) is 3.17. The molecule has 1 aliphatic rings. The van der Waals surface area contributed by atoms with E-state index in [0.717, 1.165) is 31.0 Å². The van der Waals surface area contributed by atoms with Gasteiger partial charge in [-0.25, -0.2) is 0 Å². The number of hydrogen-bond acceptors (Lipinski definition) is 2.